The monoisotopic (exact) mass is 194 g/mol. The summed E-state index contributed by atoms with van der Waals surface area (Å²) < 4.78 is 33.1. The van der Waals surface area contributed by atoms with Crippen molar-refractivity contribution >= 4 is 21.6 Å². The third kappa shape index (κ3) is 2.00. The number of thiophene rings is 1. The van der Waals surface area contributed by atoms with Gasteiger partial charge in [-0.05, 0) is 18.4 Å². The third-order valence-corrected chi connectivity index (χ3v) is 3.67. The molecule has 2 nitrogen and oxygen atoms in total. The summed E-state index contributed by atoms with van der Waals surface area (Å²) in [6.45, 7) is 1.33. The van der Waals surface area contributed by atoms with Crippen molar-refractivity contribution in [1.29, 1.82) is 0 Å². The van der Waals surface area contributed by atoms with Gasteiger partial charge in [-0.1, -0.05) is 6.07 Å². The zero-order valence-corrected chi connectivity index (χ0v) is 7.45. The molecular weight excluding hydrogens is 187 g/mol. The highest BCUT2D eigenvalue weighted by Crippen LogP contribution is 2.26. The molecule has 0 aromatic carbocycles. The molecule has 0 bridgehead atoms. The third-order valence-electron chi connectivity index (χ3n) is 1.37. The first-order chi connectivity index (χ1) is 5.02. The van der Waals surface area contributed by atoms with Crippen LogP contribution in [0.3, 0.4) is 0 Å². The van der Waals surface area contributed by atoms with Crippen molar-refractivity contribution in [1.82, 2.24) is 0 Å². The lowest BCUT2D eigenvalue weighted by Crippen LogP contribution is -2.01. The molecule has 0 N–H and O–H groups in total. The van der Waals surface area contributed by atoms with Gasteiger partial charge in [0.2, 0.25) is 0 Å². The number of halogens is 1. The molecule has 0 aliphatic rings. The quantitative estimate of drug-likeness (QED) is 0.676. The van der Waals surface area contributed by atoms with E-state index < -0.39 is 15.5 Å². The molecule has 0 amide bonds. The van der Waals surface area contributed by atoms with E-state index in [1.807, 2.05) is 0 Å². The van der Waals surface area contributed by atoms with Crippen LogP contribution < -0.4 is 0 Å². The molecule has 0 saturated carbocycles. The molecule has 0 fully saturated rings. The molecule has 1 rings (SSSR count). The summed E-state index contributed by atoms with van der Waals surface area (Å²) in [6.07, 6.45) is 0. The number of rotatable bonds is 2. The predicted octanol–water partition coefficient (Wildman–Crippen LogP) is 2.11. The molecule has 0 saturated heterocycles. The maximum Gasteiger partial charge on any atom is 0.309 e. The van der Waals surface area contributed by atoms with Gasteiger partial charge in [-0.2, -0.15) is 8.42 Å². The van der Waals surface area contributed by atoms with Crippen LogP contribution in [0, 0.1) is 0 Å². The van der Waals surface area contributed by atoms with Crippen LogP contribution in [0.1, 0.15) is 17.1 Å². The first kappa shape index (κ1) is 8.67. The van der Waals surface area contributed by atoms with E-state index in [0.717, 1.165) is 0 Å². The van der Waals surface area contributed by atoms with E-state index in [9.17, 15) is 12.3 Å². The van der Waals surface area contributed by atoms with Gasteiger partial charge in [0, 0.05) is 4.88 Å². The predicted molar refractivity (Wildman–Crippen MR) is 42.8 cm³/mol. The zero-order valence-electron chi connectivity index (χ0n) is 5.82. The Labute approximate surface area is 68.9 Å². The van der Waals surface area contributed by atoms with Gasteiger partial charge < -0.3 is 0 Å². The second-order valence-electron chi connectivity index (χ2n) is 2.13. The van der Waals surface area contributed by atoms with Crippen LogP contribution in [0.4, 0.5) is 3.89 Å². The first-order valence-electron chi connectivity index (χ1n) is 2.98. The average Bonchev–Trinajstić information content (AvgIpc) is 2.34. The Morgan fingerprint density at radius 1 is 1.64 bits per heavy atom. The van der Waals surface area contributed by atoms with E-state index in [1.165, 1.54) is 18.3 Å². The Kier molecular flexibility index (Phi) is 2.29. The van der Waals surface area contributed by atoms with Crippen molar-refractivity contribution in [3.63, 3.8) is 0 Å². The van der Waals surface area contributed by atoms with Gasteiger partial charge in [0.15, 0.2) is 0 Å². The molecule has 0 aliphatic carbocycles. The second kappa shape index (κ2) is 2.91. The second-order valence-corrected chi connectivity index (χ2v) is 4.77. The lowest BCUT2D eigenvalue weighted by Gasteiger charge is -2.00. The minimum atomic E-state index is -4.42. The van der Waals surface area contributed by atoms with Crippen molar-refractivity contribution < 1.29 is 12.3 Å². The van der Waals surface area contributed by atoms with Gasteiger partial charge in [0.25, 0.3) is 0 Å². The highest BCUT2D eigenvalue weighted by atomic mass is 32.3. The topological polar surface area (TPSA) is 34.1 Å². The number of hydrogen-bond acceptors (Lipinski definition) is 3. The number of hydrogen-bond donors (Lipinski definition) is 0. The molecule has 0 aliphatic heterocycles. The molecule has 11 heavy (non-hydrogen) atoms. The lowest BCUT2D eigenvalue weighted by molar-refractivity contribution is 0.541. The molecule has 1 unspecified atom stereocenters. The van der Waals surface area contributed by atoms with Crippen LogP contribution >= 0.6 is 11.3 Å². The molecule has 1 aromatic rings. The molecular formula is C6H7FO2S2. The van der Waals surface area contributed by atoms with Crippen LogP contribution in [0.2, 0.25) is 0 Å². The fourth-order valence-corrected chi connectivity index (χ4v) is 2.19. The normalized spacial score (nSPS) is 14.7. The van der Waals surface area contributed by atoms with E-state index >= 15 is 0 Å². The SMILES string of the molecule is CC(c1cccs1)S(=O)(=O)F. The first-order valence-corrected chi connectivity index (χ1v) is 5.31. The Morgan fingerprint density at radius 2 is 2.27 bits per heavy atom. The maximum atomic E-state index is 12.3. The summed E-state index contributed by atoms with van der Waals surface area (Å²) in [5.74, 6) is 0. The summed E-state index contributed by atoms with van der Waals surface area (Å²) in [4.78, 5) is 0.535. The van der Waals surface area contributed by atoms with Crippen LogP contribution in [0.15, 0.2) is 17.5 Å². The van der Waals surface area contributed by atoms with Crippen molar-refractivity contribution in [2.45, 2.75) is 12.2 Å². The van der Waals surface area contributed by atoms with Gasteiger partial charge in [-0.25, -0.2) is 0 Å². The van der Waals surface area contributed by atoms with E-state index in [4.69, 9.17) is 0 Å². The molecule has 5 heteroatoms. The maximum absolute atomic E-state index is 12.3. The van der Waals surface area contributed by atoms with Crippen molar-refractivity contribution in [2.75, 3.05) is 0 Å². The minimum Gasteiger partial charge on any atom is -0.194 e. The summed E-state index contributed by atoms with van der Waals surface area (Å²) >= 11 is 1.24. The van der Waals surface area contributed by atoms with Crippen molar-refractivity contribution in [2.24, 2.45) is 0 Å². The van der Waals surface area contributed by atoms with E-state index in [0.29, 0.717) is 4.88 Å². The van der Waals surface area contributed by atoms with Gasteiger partial charge in [-0.15, -0.1) is 15.2 Å². The molecule has 1 heterocycles. The summed E-state index contributed by atoms with van der Waals surface area (Å²) in [7, 11) is -4.42. The molecule has 1 aromatic heterocycles. The van der Waals surface area contributed by atoms with Gasteiger partial charge in [-0.3, -0.25) is 0 Å². The van der Waals surface area contributed by atoms with Crippen LogP contribution in [0.25, 0.3) is 0 Å². The summed E-state index contributed by atoms with van der Waals surface area (Å²) in [6, 6.07) is 3.30. The fraction of sp³-hybridized carbons (Fsp3) is 0.333. The summed E-state index contributed by atoms with van der Waals surface area (Å²) in [5, 5.41) is 0.694. The van der Waals surface area contributed by atoms with E-state index in [-0.39, 0.29) is 0 Å². The van der Waals surface area contributed by atoms with Gasteiger partial charge in [0.05, 0.1) is 0 Å². The standard InChI is InChI=1S/C6H7FO2S2/c1-5(11(7,8)9)6-3-2-4-10-6/h2-5H,1H3. The zero-order chi connectivity index (χ0) is 8.48. The Bertz CT molecular complexity index is 314. The van der Waals surface area contributed by atoms with Crippen molar-refractivity contribution in [3.8, 4) is 0 Å². The Balaban J connectivity index is 2.97. The van der Waals surface area contributed by atoms with Crippen LogP contribution in [-0.2, 0) is 10.2 Å². The Hall–Kier alpha value is -0.420. The highest BCUT2D eigenvalue weighted by Gasteiger charge is 2.21. The van der Waals surface area contributed by atoms with Crippen molar-refractivity contribution in [3.05, 3.63) is 22.4 Å². The Morgan fingerprint density at radius 3 is 2.64 bits per heavy atom. The van der Waals surface area contributed by atoms with Crippen LogP contribution in [0.5, 0.6) is 0 Å². The minimum absolute atomic E-state index is 0.535. The largest absolute Gasteiger partial charge is 0.309 e. The van der Waals surface area contributed by atoms with E-state index in [2.05, 4.69) is 0 Å². The van der Waals surface area contributed by atoms with Gasteiger partial charge in [0.1, 0.15) is 5.25 Å². The smallest absolute Gasteiger partial charge is 0.194 e. The lowest BCUT2D eigenvalue weighted by atomic mass is 10.4. The van der Waals surface area contributed by atoms with Gasteiger partial charge >= 0.3 is 10.2 Å². The molecule has 0 radical (unpaired) electrons. The molecule has 0 spiro atoms. The molecule has 1 atom stereocenters. The average molecular weight is 194 g/mol. The molecule has 62 valence electrons. The summed E-state index contributed by atoms with van der Waals surface area (Å²) in [5.41, 5.74) is 0. The van der Waals surface area contributed by atoms with Crippen LogP contribution in [-0.4, -0.2) is 8.42 Å². The highest BCUT2D eigenvalue weighted by molar-refractivity contribution is 7.86. The van der Waals surface area contributed by atoms with E-state index in [1.54, 1.807) is 17.5 Å². The fourth-order valence-electron chi connectivity index (χ4n) is 0.661.